The number of aryl methyl sites for hydroxylation is 1. The first-order chi connectivity index (χ1) is 11.3. The van der Waals surface area contributed by atoms with Crippen LogP contribution in [0, 0.1) is 6.92 Å². The molecule has 0 aliphatic heterocycles. The Hall–Kier alpha value is -2.52. The summed E-state index contributed by atoms with van der Waals surface area (Å²) < 4.78 is 2.16. The Labute approximate surface area is 139 Å². The van der Waals surface area contributed by atoms with Gasteiger partial charge < -0.3 is 0 Å². The molecule has 0 aliphatic carbocycles. The molecular formula is C20H16N2S. The van der Waals surface area contributed by atoms with E-state index in [9.17, 15) is 0 Å². The average Bonchev–Trinajstić information content (AvgIpc) is 2.95. The molecule has 4 rings (SSSR count). The third-order valence-electron chi connectivity index (χ3n) is 3.77. The summed E-state index contributed by atoms with van der Waals surface area (Å²) in [7, 11) is 0. The number of hydrogen-bond acceptors (Lipinski definition) is 2. The summed E-state index contributed by atoms with van der Waals surface area (Å²) in [6.07, 6.45) is 2.07. The van der Waals surface area contributed by atoms with Crippen LogP contribution in [0.5, 0.6) is 0 Å². The van der Waals surface area contributed by atoms with Crippen LogP contribution < -0.4 is 0 Å². The summed E-state index contributed by atoms with van der Waals surface area (Å²) in [6, 6.07) is 25.1. The van der Waals surface area contributed by atoms with Crippen LogP contribution in [-0.4, -0.2) is 9.38 Å². The van der Waals surface area contributed by atoms with Crippen molar-refractivity contribution >= 4 is 17.4 Å². The van der Waals surface area contributed by atoms with Crippen molar-refractivity contribution in [2.75, 3.05) is 0 Å². The molecule has 2 aromatic heterocycles. The third-order valence-corrected chi connectivity index (χ3v) is 4.86. The molecule has 112 valence electrons. The highest BCUT2D eigenvalue weighted by molar-refractivity contribution is 7.99. The van der Waals surface area contributed by atoms with Gasteiger partial charge in [0.2, 0.25) is 0 Å². The van der Waals surface area contributed by atoms with E-state index in [-0.39, 0.29) is 0 Å². The Morgan fingerprint density at radius 2 is 1.57 bits per heavy atom. The van der Waals surface area contributed by atoms with Gasteiger partial charge in [-0.25, -0.2) is 4.98 Å². The van der Waals surface area contributed by atoms with Crippen LogP contribution in [0.1, 0.15) is 5.56 Å². The van der Waals surface area contributed by atoms with Crippen LogP contribution >= 0.6 is 11.8 Å². The molecule has 0 N–H and O–H groups in total. The van der Waals surface area contributed by atoms with E-state index < -0.39 is 0 Å². The highest BCUT2D eigenvalue weighted by Gasteiger charge is 2.14. The van der Waals surface area contributed by atoms with Gasteiger partial charge in [0.05, 0.1) is 0 Å². The zero-order valence-electron chi connectivity index (χ0n) is 12.8. The minimum atomic E-state index is 0.974. The Balaban J connectivity index is 1.89. The molecule has 0 spiro atoms. The summed E-state index contributed by atoms with van der Waals surface area (Å²) >= 11 is 1.75. The fourth-order valence-corrected chi connectivity index (χ4v) is 3.60. The maximum atomic E-state index is 4.85. The maximum absolute atomic E-state index is 4.85. The smallest absolute Gasteiger partial charge is 0.138 e. The maximum Gasteiger partial charge on any atom is 0.138 e. The van der Waals surface area contributed by atoms with E-state index >= 15 is 0 Å². The lowest BCUT2D eigenvalue weighted by molar-refractivity contribution is 1.05. The summed E-state index contributed by atoms with van der Waals surface area (Å²) in [6.45, 7) is 2.10. The third kappa shape index (κ3) is 2.76. The van der Waals surface area contributed by atoms with Gasteiger partial charge in [-0.1, -0.05) is 65.9 Å². The Morgan fingerprint density at radius 1 is 0.826 bits per heavy atom. The SMILES string of the molecule is Cc1ccc(-c2nc3ccccn3c2Sc2ccccc2)cc1. The summed E-state index contributed by atoms with van der Waals surface area (Å²) in [5.41, 5.74) is 4.42. The van der Waals surface area contributed by atoms with Gasteiger partial charge in [-0.3, -0.25) is 4.40 Å². The van der Waals surface area contributed by atoms with E-state index in [0.717, 1.165) is 21.9 Å². The van der Waals surface area contributed by atoms with Gasteiger partial charge >= 0.3 is 0 Å². The number of nitrogens with zero attached hydrogens (tertiary/aromatic N) is 2. The molecule has 0 radical (unpaired) electrons. The van der Waals surface area contributed by atoms with E-state index in [1.165, 1.54) is 10.5 Å². The van der Waals surface area contributed by atoms with E-state index in [4.69, 9.17) is 4.98 Å². The molecule has 2 aromatic carbocycles. The van der Waals surface area contributed by atoms with Gasteiger partial charge in [-0.05, 0) is 31.2 Å². The minimum absolute atomic E-state index is 0.974. The molecule has 2 heterocycles. The predicted molar refractivity (Wildman–Crippen MR) is 95.9 cm³/mol. The largest absolute Gasteiger partial charge is 0.294 e. The lowest BCUT2D eigenvalue weighted by atomic mass is 10.1. The first-order valence-electron chi connectivity index (χ1n) is 7.58. The second-order valence-electron chi connectivity index (χ2n) is 5.48. The highest BCUT2D eigenvalue weighted by atomic mass is 32.2. The van der Waals surface area contributed by atoms with Crippen molar-refractivity contribution in [3.63, 3.8) is 0 Å². The quantitative estimate of drug-likeness (QED) is 0.499. The monoisotopic (exact) mass is 316 g/mol. The van der Waals surface area contributed by atoms with Gasteiger partial charge in [0.1, 0.15) is 16.4 Å². The first kappa shape index (κ1) is 14.1. The van der Waals surface area contributed by atoms with Crippen LogP contribution in [0.4, 0.5) is 0 Å². The molecule has 0 aliphatic rings. The number of fused-ring (bicyclic) bond motifs is 1. The van der Waals surface area contributed by atoms with E-state index in [2.05, 4.69) is 66.1 Å². The standard InChI is InChI=1S/C20H16N2S/c1-15-10-12-16(13-11-15)19-20(23-17-7-3-2-4-8-17)22-14-6-5-9-18(22)21-19/h2-14H,1H3. The molecule has 0 unspecified atom stereocenters. The molecule has 0 amide bonds. The summed E-state index contributed by atoms with van der Waals surface area (Å²) in [5.74, 6) is 0. The topological polar surface area (TPSA) is 17.3 Å². The lowest BCUT2D eigenvalue weighted by Gasteiger charge is -2.05. The zero-order chi connectivity index (χ0) is 15.6. The molecule has 2 nitrogen and oxygen atoms in total. The number of benzene rings is 2. The fraction of sp³-hybridized carbons (Fsp3) is 0.0500. The Morgan fingerprint density at radius 3 is 2.35 bits per heavy atom. The van der Waals surface area contributed by atoms with Crippen molar-refractivity contribution in [3.05, 3.63) is 84.6 Å². The molecule has 0 atom stereocenters. The van der Waals surface area contributed by atoms with E-state index in [1.807, 2.05) is 24.3 Å². The number of aromatic nitrogens is 2. The van der Waals surface area contributed by atoms with Crippen molar-refractivity contribution < 1.29 is 0 Å². The number of imidazole rings is 1. The molecule has 0 fully saturated rings. The fourth-order valence-electron chi connectivity index (χ4n) is 2.57. The van der Waals surface area contributed by atoms with Gasteiger partial charge in [0.25, 0.3) is 0 Å². The molecule has 3 heteroatoms. The molecule has 0 bridgehead atoms. The second-order valence-corrected chi connectivity index (χ2v) is 6.54. The van der Waals surface area contributed by atoms with E-state index in [1.54, 1.807) is 11.8 Å². The van der Waals surface area contributed by atoms with Crippen molar-refractivity contribution in [3.8, 4) is 11.3 Å². The van der Waals surface area contributed by atoms with Crippen molar-refractivity contribution in [1.29, 1.82) is 0 Å². The van der Waals surface area contributed by atoms with Crippen LogP contribution in [0.25, 0.3) is 16.9 Å². The van der Waals surface area contributed by atoms with E-state index in [0.29, 0.717) is 0 Å². The molecular weight excluding hydrogens is 300 g/mol. The first-order valence-corrected chi connectivity index (χ1v) is 8.40. The lowest BCUT2D eigenvalue weighted by Crippen LogP contribution is -1.86. The Bertz CT molecular complexity index is 940. The molecule has 0 saturated heterocycles. The number of hydrogen-bond donors (Lipinski definition) is 0. The molecule has 4 aromatic rings. The van der Waals surface area contributed by atoms with Crippen molar-refractivity contribution in [2.45, 2.75) is 16.8 Å². The van der Waals surface area contributed by atoms with Gasteiger partial charge in [-0.2, -0.15) is 0 Å². The highest BCUT2D eigenvalue weighted by Crippen LogP contribution is 2.36. The second kappa shape index (κ2) is 5.94. The van der Waals surface area contributed by atoms with Gasteiger partial charge in [0, 0.05) is 16.7 Å². The van der Waals surface area contributed by atoms with Crippen LogP contribution in [-0.2, 0) is 0 Å². The average molecular weight is 316 g/mol. The van der Waals surface area contributed by atoms with Crippen LogP contribution in [0.2, 0.25) is 0 Å². The predicted octanol–water partition coefficient (Wildman–Crippen LogP) is 5.46. The summed E-state index contributed by atoms with van der Waals surface area (Å²) in [5, 5.41) is 1.15. The molecule has 0 saturated carbocycles. The normalized spacial score (nSPS) is 11.0. The van der Waals surface area contributed by atoms with Crippen molar-refractivity contribution in [1.82, 2.24) is 9.38 Å². The van der Waals surface area contributed by atoms with Crippen LogP contribution in [0.15, 0.2) is 88.9 Å². The minimum Gasteiger partial charge on any atom is -0.294 e. The zero-order valence-corrected chi connectivity index (χ0v) is 13.6. The number of pyridine rings is 1. The van der Waals surface area contributed by atoms with Gasteiger partial charge in [-0.15, -0.1) is 0 Å². The summed E-state index contributed by atoms with van der Waals surface area (Å²) in [4.78, 5) is 6.07. The Kier molecular flexibility index (Phi) is 3.64. The van der Waals surface area contributed by atoms with Crippen LogP contribution in [0.3, 0.4) is 0 Å². The van der Waals surface area contributed by atoms with Gasteiger partial charge in [0.15, 0.2) is 0 Å². The van der Waals surface area contributed by atoms with Crippen molar-refractivity contribution in [2.24, 2.45) is 0 Å². The molecule has 23 heavy (non-hydrogen) atoms. The number of rotatable bonds is 3.